The Bertz CT molecular complexity index is 881. The molecule has 2 rings (SSSR count). The van der Waals surface area contributed by atoms with Crippen LogP contribution >= 0.6 is 0 Å². The molecule has 1 heterocycles. The summed E-state index contributed by atoms with van der Waals surface area (Å²) in [6.45, 7) is 11.7. The summed E-state index contributed by atoms with van der Waals surface area (Å²) in [6, 6.07) is -1.27. The summed E-state index contributed by atoms with van der Waals surface area (Å²) >= 11 is 0. The molecule has 1 saturated heterocycles. The van der Waals surface area contributed by atoms with Gasteiger partial charge < -0.3 is 15.0 Å². The van der Waals surface area contributed by atoms with Crippen LogP contribution in [0.5, 0.6) is 0 Å². The van der Waals surface area contributed by atoms with E-state index in [2.05, 4.69) is 11.9 Å². The van der Waals surface area contributed by atoms with E-state index in [1.54, 1.807) is 25.1 Å². The summed E-state index contributed by atoms with van der Waals surface area (Å²) in [5.74, 6) is -1.75. The Morgan fingerprint density at radius 1 is 1.31 bits per heavy atom. The number of amides is 2. The highest BCUT2D eigenvalue weighted by Crippen LogP contribution is 2.57. The van der Waals surface area contributed by atoms with Gasteiger partial charge in [-0.05, 0) is 24.8 Å². The van der Waals surface area contributed by atoms with Crippen molar-refractivity contribution in [2.24, 2.45) is 22.7 Å². The Morgan fingerprint density at radius 3 is 2.31 bits per heavy atom. The minimum Gasteiger partial charge on any atom is -0.379 e. The third-order valence-corrected chi connectivity index (χ3v) is 7.31. The third-order valence-electron chi connectivity index (χ3n) is 6.75. The molecular formula is C22H37N3O6S. The second-order valence-corrected chi connectivity index (χ2v) is 12.0. The van der Waals surface area contributed by atoms with Crippen LogP contribution < -0.4 is 10.0 Å². The summed E-state index contributed by atoms with van der Waals surface area (Å²) in [5.41, 5.74) is -1.54. The molecule has 0 aromatic rings. The molecule has 182 valence electrons. The van der Waals surface area contributed by atoms with Crippen molar-refractivity contribution < 1.29 is 27.5 Å². The van der Waals surface area contributed by atoms with Crippen LogP contribution in [0.15, 0.2) is 12.7 Å². The van der Waals surface area contributed by atoms with Gasteiger partial charge in [-0.15, -0.1) is 6.58 Å². The van der Waals surface area contributed by atoms with E-state index in [-0.39, 0.29) is 48.0 Å². The number of hydrogen-bond donors (Lipinski definition) is 2. The smallest absolute Gasteiger partial charge is 0.240 e. The van der Waals surface area contributed by atoms with Crippen molar-refractivity contribution in [3.8, 4) is 0 Å². The topological polar surface area (TPSA) is 122 Å². The molecule has 10 heteroatoms. The van der Waals surface area contributed by atoms with Gasteiger partial charge in [0.1, 0.15) is 0 Å². The first-order chi connectivity index (χ1) is 14.6. The minimum atomic E-state index is -3.77. The van der Waals surface area contributed by atoms with Crippen LogP contribution in [0.2, 0.25) is 0 Å². The normalized spacial score (nSPS) is 31.2. The Balaban J connectivity index is 2.34. The van der Waals surface area contributed by atoms with Gasteiger partial charge in [0.15, 0.2) is 5.78 Å². The SMILES string of the molecule is C=C[C@@H]1C[C@]1(CC(=O)[C@@H]1[C@@H](C)[C@@H](OC)CN1C(=O)[C@@H](NC)C(C)(C)C)C(=O)NS(C)(=O)=O. The number of allylic oxidation sites excluding steroid dienone is 1. The lowest BCUT2D eigenvalue weighted by Gasteiger charge is -2.35. The number of carbonyl (C=O) groups is 3. The number of likely N-dealkylation sites (N-methyl/N-ethyl adjacent to an activating group) is 1. The number of carbonyl (C=O) groups excluding carboxylic acids is 3. The fourth-order valence-electron chi connectivity index (χ4n) is 4.91. The van der Waals surface area contributed by atoms with E-state index in [1.807, 2.05) is 32.4 Å². The van der Waals surface area contributed by atoms with Crippen molar-refractivity contribution in [2.45, 2.75) is 58.7 Å². The Kier molecular flexibility index (Phi) is 7.63. The number of Topliss-reactive ketones (excluding diaryl/α,β-unsaturated/α-hetero) is 1. The van der Waals surface area contributed by atoms with Crippen molar-refractivity contribution >= 4 is 27.6 Å². The van der Waals surface area contributed by atoms with Crippen LogP contribution in [-0.4, -0.2) is 76.1 Å². The minimum absolute atomic E-state index is 0.167. The molecule has 9 nitrogen and oxygen atoms in total. The van der Waals surface area contributed by atoms with Gasteiger partial charge in [0.25, 0.3) is 0 Å². The van der Waals surface area contributed by atoms with Gasteiger partial charge in [0.05, 0.1) is 29.9 Å². The van der Waals surface area contributed by atoms with Gasteiger partial charge >= 0.3 is 0 Å². The highest BCUT2D eigenvalue weighted by molar-refractivity contribution is 7.89. The summed E-state index contributed by atoms with van der Waals surface area (Å²) in [4.78, 5) is 41.3. The van der Waals surface area contributed by atoms with E-state index in [0.717, 1.165) is 6.26 Å². The number of nitrogens with zero attached hydrogens (tertiary/aromatic N) is 1. The fourth-order valence-corrected chi connectivity index (χ4v) is 5.45. The van der Waals surface area contributed by atoms with Gasteiger partial charge in [-0.2, -0.15) is 0 Å². The van der Waals surface area contributed by atoms with E-state index >= 15 is 0 Å². The van der Waals surface area contributed by atoms with Crippen LogP contribution in [0.25, 0.3) is 0 Å². The molecule has 2 aliphatic rings. The molecule has 0 radical (unpaired) electrons. The highest BCUT2D eigenvalue weighted by atomic mass is 32.2. The predicted molar refractivity (Wildman–Crippen MR) is 121 cm³/mol. The van der Waals surface area contributed by atoms with Crippen molar-refractivity contribution in [1.82, 2.24) is 14.9 Å². The maximum Gasteiger partial charge on any atom is 0.240 e. The van der Waals surface area contributed by atoms with Crippen LogP contribution in [-0.2, 0) is 29.1 Å². The van der Waals surface area contributed by atoms with Crippen LogP contribution in [0.1, 0.15) is 40.5 Å². The lowest BCUT2D eigenvalue weighted by atomic mass is 9.84. The first-order valence-corrected chi connectivity index (χ1v) is 12.7. The van der Waals surface area contributed by atoms with Crippen LogP contribution in [0, 0.1) is 22.7 Å². The number of rotatable bonds is 9. The molecule has 0 bridgehead atoms. The predicted octanol–water partition coefficient (Wildman–Crippen LogP) is 0.710. The Hall–Kier alpha value is -1.78. The molecular weight excluding hydrogens is 434 g/mol. The number of sulfonamides is 1. The highest BCUT2D eigenvalue weighted by Gasteiger charge is 2.61. The average molecular weight is 472 g/mol. The summed E-state index contributed by atoms with van der Waals surface area (Å²) in [6.07, 6.45) is 2.33. The third kappa shape index (κ3) is 5.23. The molecule has 2 N–H and O–H groups in total. The van der Waals surface area contributed by atoms with Crippen molar-refractivity contribution in [3.05, 3.63) is 12.7 Å². The fraction of sp³-hybridized carbons (Fsp3) is 0.773. The number of methoxy groups -OCH3 is 1. The van der Waals surface area contributed by atoms with Crippen molar-refractivity contribution in [3.63, 3.8) is 0 Å². The standard InChI is InChI=1S/C22H37N3O6S/c1-9-14-10-22(14,20(28)24-32(8,29)30)11-15(26)17-13(2)16(31-7)12-25(17)19(27)18(23-6)21(3,4)5/h9,13-14,16-18,23H,1,10-12H2,2-8H3,(H,24,28)/t13-,14+,16-,17-,18+,22+/m0/s1. The number of hydrogen-bond acceptors (Lipinski definition) is 7. The van der Waals surface area contributed by atoms with E-state index in [4.69, 9.17) is 4.74 Å². The average Bonchev–Trinajstić information content (AvgIpc) is 3.26. The van der Waals surface area contributed by atoms with Gasteiger partial charge in [0.2, 0.25) is 21.8 Å². The van der Waals surface area contributed by atoms with E-state index in [1.165, 1.54) is 0 Å². The Labute approximate surface area is 191 Å². The molecule has 0 spiro atoms. The zero-order valence-corrected chi connectivity index (χ0v) is 20.9. The van der Waals surface area contributed by atoms with E-state index in [0.29, 0.717) is 6.42 Å². The summed E-state index contributed by atoms with van der Waals surface area (Å²) < 4.78 is 30.8. The molecule has 32 heavy (non-hydrogen) atoms. The summed E-state index contributed by atoms with van der Waals surface area (Å²) in [5, 5.41) is 3.06. The van der Waals surface area contributed by atoms with Crippen molar-refractivity contribution in [2.75, 3.05) is 27.0 Å². The maximum absolute atomic E-state index is 13.5. The molecule has 6 atom stereocenters. The first-order valence-electron chi connectivity index (χ1n) is 10.8. The number of ether oxygens (including phenoxy) is 1. The second kappa shape index (κ2) is 9.23. The molecule has 2 amide bonds. The molecule has 2 fully saturated rings. The van der Waals surface area contributed by atoms with Crippen LogP contribution in [0.3, 0.4) is 0 Å². The van der Waals surface area contributed by atoms with E-state index < -0.39 is 33.4 Å². The van der Waals surface area contributed by atoms with Gasteiger partial charge in [0, 0.05) is 26.0 Å². The first kappa shape index (κ1) is 26.5. The number of ketones is 1. The quantitative estimate of drug-likeness (QED) is 0.475. The number of nitrogens with one attached hydrogen (secondary N) is 2. The van der Waals surface area contributed by atoms with E-state index in [9.17, 15) is 22.8 Å². The molecule has 1 aliphatic heterocycles. The number of likely N-dealkylation sites (tertiary alicyclic amines) is 1. The second-order valence-electron chi connectivity index (χ2n) is 10.2. The maximum atomic E-state index is 13.5. The largest absolute Gasteiger partial charge is 0.379 e. The molecule has 0 aromatic carbocycles. The molecule has 0 unspecified atom stereocenters. The van der Waals surface area contributed by atoms with Crippen LogP contribution in [0.4, 0.5) is 0 Å². The van der Waals surface area contributed by atoms with Gasteiger partial charge in [-0.1, -0.05) is 33.8 Å². The molecule has 0 aromatic heterocycles. The summed E-state index contributed by atoms with van der Waals surface area (Å²) in [7, 11) is -0.513. The zero-order valence-electron chi connectivity index (χ0n) is 20.1. The Morgan fingerprint density at radius 2 is 1.91 bits per heavy atom. The lowest BCUT2D eigenvalue weighted by molar-refractivity contribution is -0.143. The van der Waals surface area contributed by atoms with Gasteiger partial charge in [-0.3, -0.25) is 19.1 Å². The monoisotopic (exact) mass is 471 g/mol. The lowest BCUT2D eigenvalue weighted by Crippen LogP contribution is -2.55. The molecule has 1 aliphatic carbocycles. The zero-order chi connectivity index (χ0) is 24.6. The van der Waals surface area contributed by atoms with Gasteiger partial charge in [-0.25, -0.2) is 8.42 Å². The molecule has 1 saturated carbocycles. The van der Waals surface area contributed by atoms with Crippen molar-refractivity contribution in [1.29, 1.82) is 0 Å².